The van der Waals surface area contributed by atoms with Crippen LogP contribution >= 0.6 is 0 Å². The Balaban J connectivity index is 1.77. The second-order valence-corrected chi connectivity index (χ2v) is 5.79. The number of hydrogen-bond acceptors (Lipinski definition) is 6. The molecule has 1 aliphatic rings. The van der Waals surface area contributed by atoms with Gasteiger partial charge in [-0.2, -0.15) is 9.97 Å². The average molecular weight is 306 g/mol. The highest BCUT2D eigenvalue weighted by atomic mass is 15.3. The number of benzene rings is 1. The summed E-state index contributed by atoms with van der Waals surface area (Å²) in [5, 5.41) is 3.36. The predicted octanol–water partition coefficient (Wildman–Crippen LogP) is 3.07. The lowest BCUT2D eigenvalue weighted by Crippen LogP contribution is -2.21. The fourth-order valence-electron chi connectivity index (χ4n) is 2.77. The van der Waals surface area contributed by atoms with Crippen molar-refractivity contribution in [1.29, 1.82) is 0 Å². The highest BCUT2D eigenvalue weighted by molar-refractivity contribution is 5.85. The van der Waals surface area contributed by atoms with Crippen LogP contribution in [0.3, 0.4) is 0 Å². The number of hydrogen-bond donors (Lipinski definition) is 1. The van der Waals surface area contributed by atoms with Crippen molar-refractivity contribution in [3.63, 3.8) is 0 Å². The first-order chi connectivity index (χ1) is 11.3. The molecule has 0 saturated carbocycles. The first kappa shape index (κ1) is 13.9. The number of fused-ring (bicyclic) bond motifs is 1. The maximum Gasteiger partial charge on any atom is 0.229 e. The minimum Gasteiger partial charge on any atom is -0.341 e. The molecule has 1 aliphatic heterocycles. The van der Waals surface area contributed by atoms with Gasteiger partial charge in [-0.3, -0.25) is 0 Å². The molecule has 6 nitrogen and oxygen atoms in total. The molecule has 0 spiro atoms. The highest BCUT2D eigenvalue weighted by Gasteiger charge is 2.18. The summed E-state index contributed by atoms with van der Waals surface area (Å²) < 4.78 is 0. The van der Waals surface area contributed by atoms with E-state index in [9.17, 15) is 0 Å². The Labute approximate surface area is 134 Å². The Hall–Kier alpha value is -2.76. The van der Waals surface area contributed by atoms with Gasteiger partial charge in [0.15, 0.2) is 17.0 Å². The van der Waals surface area contributed by atoms with Gasteiger partial charge in [0.25, 0.3) is 0 Å². The highest BCUT2D eigenvalue weighted by Crippen LogP contribution is 2.25. The SMILES string of the molecule is Cc1ccc(Nc2nc(N3CCCC3)nc3nccnc23)cc1. The Bertz CT molecular complexity index is 824. The van der Waals surface area contributed by atoms with E-state index in [0.717, 1.165) is 24.7 Å². The maximum atomic E-state index is 4.70. The molecule has 2 aromatic heterocycles. The summed E-state index contributed by atoms with van der Waals surface area (Å²) in [6.45, 7) is 4.06. The van der Waals surface area contributed by atoms with Gasteiger partial charge in [0.05, 0.1) is 0 Å². The van der Waals surface area contributed by atoms with Crippen LogP contribution in [0.2, 0.25) is 0 Å². The van der Waals surface area contributed by atoms with Crippen LogP contribution in [-0.4, -0.2) is 33.0 Å². The Morgan fingerprint density at radius 2 is 1.70 bits per heavy atom. The Morgan fingerprint density at radius 3 is 2.48 bits per heavy atom. The van der Waals surface area contributed by atoms with Crippen LogP contribution in [-0.2, 0) is 0 Å². The molecular formula is C17H18N6. The molecule has 116 valence electrons. The molecule has 1 aromatic carbocycles. The summed E-state index contributed by atoms with van der Waals surface area (Å²) >= 11 is 0. The zero-order valence-corrected chi connectivity index (χ0v) is 13.0. The number of nitrogens with zero attached hydrogens (tertiary/aromatic N) is 5. The van der Waals surface area contributed by atoms with Gasteiger partial charge >= 0.3 is 0 Å². The molecule has 0 bridgehead atoms. The molecule has 0 unspecified atom stereocenters. The van der Waals surface area contributed by atoms with Crippen LogP contribution in [0.25, 0.3) is 11.2 Å². The van der Waals surface area contributed by atoms with Crippen molar-refractivity contribution in [2.45, 2.75) is 19.8 Å². The number of aryl methyl sites for hydroxylation is 1. The number of aromatic nitrogens is 4. The van der Waals surface area contributed by atoms with Crippen LogP contribution in [0.15, 0.2) is 36.7 Å². The van der Waals surface area contributed by atoms with Gasteiger partial charge in [-0.15, -0.1) is 0 Å². The third-order valence-electron chi connectivity index (χ3n) is 4.02. The molecule has 23 heavy (non-hydrogen) atoms. The van der Waals surface area contributed by atoms with Gasteiger partial charge in [0, 0.05) is 31.2 Å². The Morgan fingerprint density at radius 1 is 0.957 bits per heavy atom. The van der Waals surface area contributed by atoms with Gasteiger partial charge in [-0.25, -0.2) is 9.97 Å². The summed E-state index contributed by atoms with van der Waals surface area (Å²) in [4.78, 5) is 20.2. The number of nitrogens with one attached hydrogen (secondary N) is 1. The molecule has 1 saturated heterocycles. The number of anilines is 3. The third-order valence-corrected chi connectivity index (χ3v) is 4.02. The first-order valence-corrected chi connectivity index (χ1v) is 7.87. The lowest BCUT2D eigenvalue weighted by atomic mass is 10.2. The molecule has 1 fully saturated rings. The monoisotopic (exact) mass is 306 g/mol. The van der Waals surface area contributed by atoms with Gasteiger partial charge < -0.3 is 10.2 Å². The second-order valence-electron chi connectivity index (χ2n) is 5.79. The van der Waals surface area contributed by atoms with E-state index in [2.05, 4.69) is 44.2 Å². The van der Waals surface area contributed by atoms with E-state index in [1.807, 2.05) is 12.1 Å². The maximum absolute atomic E-state index is 4.70. The lowest BCUT2D eigenvalue weighted by Gasteiger charge is -2.17. The average Bonchev–Trinajstić information content (AvgIpc) is 3.11. The summed E-state index contributed by atoms with van der Waals surface area (Å²) in [5.74, 6) is 1.43. The summed E-state index contributed by atoms with van der Waals surface area (Å²) in [6.07, 6.45) is 5.70. The van der Waals surface area contributed by atoms with E-state index in [1.54, 1.807) is 12.4 Å². The topological polar surface area (TPSA) is 66.8 Å². The van der Waals surface area contributed by atoms with Crippen molar-refractivity contribution in [2.24, 2.45) is 0 Å². The molecule has 0 atom stereocenters. The van der Waals surface area contributed by atoms with Crippen LogP contribution < -0.4 is 10.2 Å². The first-order valence-electron chi connectivity index (χ1n) is 7.87. The zero-order chi connectivity index (χ0) is 15.6. The van der Waals surface area contributed by atoms with Gasteiger partial charge in [-0.1, -0.05) is 17.7 Å². The smallest absolute Gasteiger partial charge is 0.229 e. The van der Waals surface area contributed by atoms with E-state index < -0.39 is 0 Å². The third kappa shape index (κ3) is 2.79. The summed E-state index contributed by atoms with van der Waals surface area (Å²) in [7, 11) is 0. The van der Waals surface area contributed by atoms with E-state index in [0.29, 0.717) is 17.0 Å². The standard InChI is InChI=1S/C17H18N6/c1-12-4-6-13(7-5-12)20-16-14-15(19-9-8-18-14)21-17(22-16)23-10-2-3-11-23/h4-9H,2-3,10-11H2,1H3,(H,19,20,21,22). The summed E-state index contributed by atoms with van der Waals surface area (Å²) in [5.41, 5.74) is 3.52. The van der Waals surface area contributed by atoms with Crippen molar-refractivity contribution < 1.29 is 0 Å². The van der Waals surface area contributed by atoms with E-state index in [-0.39, 0.29) is 0 Å². The largest absolute Gasteiger partial charge is 0.341 e. The normalized spacial score (nSPS) is 14.4. The molecule has 0 amide bonds. The second kappa shape index (κ2) is 5.79. The van der Waals surface area contributed by atoms with Gasteiger partial charge in [0.2, 0.25) is 5.95 Å². The molecule has 4 rings (SSSR count). The number of rotatable bonds is 3. The zero-order valence-electron chi connectivity index (χ0n) is 13.0. The Kier molecular flexibility index (Phi) is 3.49. The van der Waals surface area contributed by atoms with Crippen molar-refractivity contribution in [1.82, 2.24) is 19.9 Å². The molecule has 6 heteroatoms. The van der Waals surface area contributed by atoms with Crippen LogP contribution in [0.5, 0.6) is 0 Å². The van der Waals surface area contributed by atoms with Crippen LogP contribution in [0.4, 0.5) is 17.5 Å². The summed E-state index contributed by atoms with van der Waals surface area (Å²) in [6, 6.07) is 8.21. The quantitative estimate of drug-likeness (QED) is 0.802. The van der Waals surface area contributed by atoms with Gasteiger partial charge in [0.1, 0.15) is 0 Å². The molecule has 3 heterocycles. The van der Waals surface area contributed by atoms with E-state index >= 15 is 0 Å². The molecule has 0 aliphatic carbocycles. The van der Waals surface area contributed by atoms with Gasteiger partial charge in [-0.05, 0) is 31.9 Å². The predicted molar refractivity (Wildman–Crippen MR) is 91.0 cm³/mol. The minimum atomic E-state index is 0.624. The van der Waals surface area contributed by atoms with E-state index in [4.69, 9.17) is 4.98 Å². The van der Waals surface area contributed by atoms with Crippen molar-refractivity contribution in [3.05, 3.63) is 42.2 Å². The molecule has 0 radical (unpaired) electrons. The van der Waals surface area contributed by atoms with Crippen molar-refractivity contribution in [3.8, 4) is 0 Å². The van der Waals surface area contributed by atoms with Crippen LogP contribution in [0, 0.1) is 6.92 Å². The molecule has 3 aromatic rings. The lowest BCUT2D eigenvalue weighted by molar-refractivity contribution is 0.904. The molecule has 1 N–H and O–H groups in total. The minimum absolute atomic E-state index is 0.624. The fraction of sp³-hybridized carbons (Fsp3) is 0.294. The molecular weight excluding hydrogens is 288 g/mol. The fourth-order valence-corrected chi connectivity index (χ4v) is 2.77. The van der Waals surface area contributed by atoms with Crippen molar-refractivity contribution in [2.75, 3.05) is 23.3 Å². The van der Waals surface area contributed by atoms with Crippen LogP contribution in [0.1, 0.15) is 18.4 Å². The van der Waals surface area contributed by atoms with Crippen molar-refractivity contribution >= 4 is 28.6 Å². The van der Waals surface area contributed by atoms with E-state index in [1.165, 1.54) is 18.4 Å².